The van der Waals surface area contributed by atoms with Crippen molar-refractivity contribution < 1.29 is 8.83 Å². The SMILES string of the molecule is CC(C)c1ccccc1N(c1ccc2cc3c(cc2c1)-c1cc2cc(N(c4ccccc4C(C)C)c4cccc5c4oc4ccccc45)ccc2cc1-3)c1cccc2c1oc1ccccc12. The lowest BCUT2D eigenvalue weighted by Crippen LogP contribution is -2.13. The first-order chi connectivity index (χ1) is 32.4. The van der Waals surface area contributed by atoms with E-state index >= 15 is 0 Å². The average Bonchev–Trinajstić information content (AvgIpc) is 3.93. The number of furan rings is 2. The van der Waals surface area contributed by atoms with Crippen molar-refractivity contribution in [3.63, 3.8) is 0 Å². The van der Waals surface area contributed by atoms with Crippen LogP contribution in [0.2, 0.25) is 0 Å². The summed E-state index contributed by atoms with van der Waals surface area (Å²) < 4.78 is 13.4. The van der Waals surface area contributed by atoms with Gasteiger partial charge in [-0.25, -0.2) is 0 Å². The Bertz CT molecular complexity index is 3670. The third-order valence-electron chi connectivity index (χ3n) is 13.9. The summed E-state index contributed by atoms with van der Waals surface area (Å²) in [6, 6.07) is 70.7. The van der Waals surface area contributed by atoms with Crippen LogP contribution in [0.3, 0.4) is 0 Å². The monoisotopic (exact) mass is 850 g/mol. The lowest BCUT2D eigenvalue weighted by molar-refractivity contribution is 0.668. The van der Waals surface area contributed by atoms with Crippen LogP contribution in [0, 0.1) is 0 Å². The Labute approximate surface area is 383 Å². The molecule has 0 saturated carbocycles. The zero-order chi connectivity index (χ0) is 44.2. The number of anilines is 6. The Morgan fingerprint density at radius 2 is 0.682 bits per heavy atom. The normalized spacial score (nSPS) is 12.2. The smallest absolute Gasteiger partial charge is 0.159 e. The molecule has 4 nitrogen and oxygen atoms in total. The highest BCUT2D eigenvalue weighted by Crippen LogP contribution is 2.53. The predicted octanol–water partition coefficient (Wildman–Crippen LogP) is 18.6. The maximum absolute atomic E-state index is 6.68. The Kier molecular flexibility index (Phi) is 8.57. The van der Waals surface area contributed by atoms with Gasteiger partial charge in [-0.3, -0.25) is 0 Å². The molecule has 2 heterocycles. The zero-order valence-corrected chi connectivity index (χ0v) is 37.3. The van der Waals surface area contributed by atoms with Crippen LogP contribution in [0.25, 0.3) is 87.7 Å². The van der Waals surface area contributed by atoms with E-state index in [0.29, 0.717) is 11.8 Å². The van der Waals surface area contributed by atoms with Gasteiger partial charge in [-0.2, -0.15) is 0 Å². The highest BCUT2D eigenvalue weighted by Gasteiger charge is 2.27. The summed E-state index contributed by atoms with van der Waals surface area (Å²) in [6.45, 7) is 9.08. The molecule has 0 saturated heterocycles. The number of hydrogen-bond acceptors (Lipinski definition) is 4. The summed E-state index contributed by atoms with van der Waals surface area (Å²) in [6.07, 6.45) is 0. The Morgan fingerprint density at radius 1 is 0.318 bits per heavy atom. The molecule has 1 aliphatic carbocycles. The van der Waals surface area contributed by atoms with Crippen LogP contribution in [0.4, 0.5) is 34.1 Å². The topological polar surface area (TPSA) is 32.8 Å². The summed E-state index contributed by atoms with van der Waals surface area (Å²) in [4.78, 5) is 4.80. The number of fused-ring (bicyclic) bond motifs is 12. The van der Waals surface area contributed by atoms with Crippen molar-refractivity contribution in [2.24, 2.45) is 0 Å². The van der Waals surface area contributed by atoms with Crippen molar-refractivity contribution in [2.45, 2.75) is 39.5 Å². The summed E-state index contributed by atoms with van der Waals surface area (Å²) >= 11 is 0. The quantitative estimate of drug-likeness (QED) is 0.152. The van der Waals surface area contributed by atoms with Crippen molar-refractivity contribution in [1.82, 2.24) is 0 Å². The van der Waals surface area contributed by atoms with Gasteiger partial charge in [0.15, 0.2) is 11.2 Å². The molecule has 0 N–H and O–H groups in total. The standard InChI is InChI=1S/C62H46N2O2/c1-37(2)45-15-5-9-21-55(45)63(57-23-13-19-49-47-17-7-11-25-59(47)65-61(49)57)43-29-27-39-33-51-52-34-40-28-30-44(32-42(40)36-54(52)53(51)35-41(39)31-43)64(56-22-10-6-16-46(56)38(3)4)58-24-14-20-50-48-18-8-12-26-60(48)66-62(50)58/h5-38H,1-4H3. The molecule has 0 radical (unpaired) electrons. The zero-order valence-electron chi connectivity index (χ0n) is 37.3. The largest absolute Gasteiger partial charge is 0.454 e. The molecule has 4 heteroatoms. The van der Waals surface area contributed by atoms with Crippen molar-refractivity contribution in [3.05, 3.63) is 205 Å². The highest BCUT2D eigenvalue weighted by atomic mass is 16.3. The molecule has 0 fully saturated rings. The van der Waals surface area contributed by atoms with Crippen LogP contribution in [0.5, 0.6) is 0 Å². The Hall–Kier alpha value is -8.08. The first kappa shape index (κ1) is 38.4. The molecule has 66 heavy (non-hydrogen) atoms. The minimum Gasteiger partial charge on any atom is -0.454 e. The third kappa shape index (κ3) is 5.84. The van der Waals surface area contributed by atoms with Crippen LogP contribution >= 0.6 is 0 Å². The fourth-order valence-electron chi connectivity index (χ4n) is 10.7. The minimum absolute atomic E-state index is 0.321. The van der Waals surface area contributed by atoms with E-state index in [4.69, 9.17) is 8.83 Å². The van der Waals surface area contributed by atoms with Crippen LogP contribution in [0.15, 0.2) is 203 Å². The second-order valence-electron chi connectivity index (χ2n) is 18.5. The summed E-state index contributed by atoms with van der Waals surface area (Å²) in [5, 5.41) is 9.31. The molecule has 12 aromatic rings. The van der Waals surface area contributed by atoms with E-state index in [2.05, 4.69) is 219 Å². The van der Waals surface area contributed by atoms with Gasteiger partial charge in [0.1, 0.15) is 11.2 Å². The van der Waals surface area contributed by atoms with Gasteiger partial charge >= 0.3 is 0 Å². The summed E-state index contributed by atoms with van der Waals surface area (Å²) in [7, 11) is 0. The molecule has 1 aliphatic rings. The van der Waals surface area contributed by atoms with E-state index in [1.165, 1.54) is 54.9 Å². The predicted molar refractivity (Wildman–Crippen MR) is 278 cm³/mol. The van der Waals surface area contributed by atoms with Gasteiger partial charge < -0.3 is 18.6 Å². The van der Waals surface area contributed by atoms with Gasteiger partial charge in [0.05, 0.1) is 11.4 Å². The second kappa shape index (κ2) is 14.7. The maximum Gasteiger partial charge on any atom is 0.159 e. The molecule has 0 atom stereocenters. The number of para-hydroxylation sites is 6. The van der Waals surface area contributed by atoms with Crippen molar-refractivity contribution in [3.8, 4) is 22.3 Å². The Morgan fingerprint density at radius 3 is 1.12 bits per heavy atom. The van der Waals surface area contributed by atoms with Gasteiger partial charge in [0.2, 0.25) is 0 Å². The molecule has 0 spiro atoms. The van der Waals surface area contributed by atoms with Crippen LogP contribution in [-0.4, -0.2) is 0 Å². The number of nitrogens with zero attached hydrogens (tertiary/aromatic N) is 2. The second-order valence-corrected chi connectivity index (χ2v) is 18.5. The Balaban J connectivity index is 0.949. The van der Waals surface area contributed by atoms with E-state index in [1.54, 1.807) is 0 Å². The third-order valence-corrected chi connectivity index (χ3v) is 13.9. The first-order valence-electron chi connectivity index (χ1n) is 23.1. The number of hydrogen-bond donors (Lipinski definition) is 0. The lowest BCUT2D eigenvalue weighted by atomic mass is 9.78. The molecule has 316 valence electrons. The van der Waals surface area contributed by atoms with Gasteiger partial charge in [0, 0.05) is 44.3 Å². The van der Waals surface area contributed by atoms with Crippen molar-refractivity contribution >= 4 is 99.5 Å². The van der Waals surface area contributed by atoms with E-state index in [-0.39, 0.29) is 0 Å². The summed E-state index contributed by atoms with van der Waals surface area (Å²) in [5.41, 5.74) is 17.8. The molecular formula is C62H46N2O2. The van der Waals surface area contributed by atoms with Crippen molar-refractivity contribution in [2.75, 3.05) is 9.80 Å². The van der Waals surface area contributed by atoms with E-state index in [1.807, 2.05) is 12.1 Å². The maximum atomic E-state index is 6.68. The van der Waals surface area contributed by atoms with E-state index < -0.39 is 0 Å². The first-order valence-corrected chi connectivity index (χ1v) is 23.1. The summed E-state index contributed by atoms with van der Waals surface area (Å²) in [5.74, 6) is 0.642. The van der Waals surface area contributed by atoms with Gasteiger partial charge in [-0.1, -0.05) is 137 Å². The van der Waals surface area contributed by atoms with Crippen LogP contribution < -0.4 is 9.80 Å². The van der Waals surface area contributed by atoms with Crippen molar-refractivity contribution in [1.29, 1.82) is 0 Å². The van der Waals surface area contributed by atoms with E-state index in [9.17, 15) is 0 Å². The van der Waals surface area contributed by atoms with Gasteiger partial charge in [-0.05, 0) is 152 Å². The van der Waals surface area contributed by atoms with Gasteiger partial charge in [0.25, 0.3) is 0 Å². The highest BCUT2D eigenvalue weighted by molar-refractivity contribution is 6.15. The molecule has 13 rings (SSSR count). The molecule has 0 unspecified atom stereocenters. The van der Waals surface area contributed by atoms with E-state index in [0.717, 1.165) is 78.0 Å². The molecule has 0 amide bonds. The van der Waals surface area contributed by atoms with Crippen LogP contribution in [0.1, 0.15) is 50.7 Å². The van der Waals surface area contributed by atoms with Gasteiger partial charge in [-0.15, -0.1) is 0 Å². The number of benzene rings is 10. The molecular weight excluding hydrogens is 805 g/mol. The molecule has 10 aromatic carbocycles. The fourth-order valence-corrected chi connectivity index (χ4v) is 10.7. The van der Waals surface area contributed by atoms with Crippen LogP contribution in [-0.2, 0) is 0 Å². The molecule has 2 aromatic heterocycles. The minimum atomic E-state index is 0.321. The fraction of sp³-hybridized carbons (Fsp3) is 0.0968. The number of rotatable bonds is 8. The lowest BCUT2D eigenvalue weighted by Gasteiger charge is -2.30. The molecule has 0 aliphatic heterocycles. The average molecular weight is 851 g/mol. The molecule has 0 bridgehead atoms.